The summed E-state index contributed by atoms with van der Waals surface area (Å²) in [4.78, 5) is 13.1. The maximum Gasteiger partial charge on any atom is 0.416 e. The first-order valence-corrected chi connectivity index (χ1v) is 10.5. The Morgan fingerprint density at radius 2 is 1.44 bits per heavy atom. The van der Waals surface area contributed by atoms with E-state index in [1.165, 1.54) is 6.92 Å². The molecule has 2 nitrogen and oxygen atoms in total. The average Bonchev–Trinajstić information content (AvgIpc) is 2.74. The molecule has 1 amide bonds. The van der Waals surface area contributed by atoms with Gasteiger partial charge >= 0.3 is 12.4 Å². The van der Waals surface area contributed by atoms with Crippen LogP contribution in [0.15, 0.2) is 48.5 Å². The molecule has 0 heterocycles. The summed E-state index contributed by atoms with van der Waals surface area (Å²) in [7, 11) is 0. The molecular weight excluding hydrogens is 432 g/mol. The maximum absolute atomic E-state index is 13.2. The third-order valence-electron chi connectivity index (χ3n) is 6.32. The molecule has 2 aromatic rings. The molecule has 1 aliphatic rings. The predicted molar refractivity (Wildman–Crippen MR) is 109 cm³/mol. The zero-order valence-corrected chi connectivity index (χ0v) is 17.8. The summed E-state index contributed by atoms with van der Waals surface area (Å²) in [5, 5.41) is 2.98. The minimum Gasteiger partial charge on any atom is -0.346 e. The first-order valence-electron chi connectivity index (χ1n) is 10.5. The Morgan fingerprint density at radius 1 is 0.938 bits per heavy atom. The molecular formula is C24H25F6NO. The first-order chi connectivity index (χ1) is 14.8. The van der Waals surface area contributed by atoms with Crippen LogP contribution < -0.4 is 5.32 Å². The monoisotopic (exact) mass is 457 g/mol. The fourth-order valence-electron chi connectivity index (χ4n) is 4.22. The number of carbonyl (C=O) groups excluding carboxylic acids is 1. The largest absolute Gasteiger partial charge is 0.416 e. The topological polar surface area (TPSA) is 29.1 Å². The van der Waals surface area contributed by atoms with Crippen LogP contribution in [0.2, 0.25) is 0 Å². The van der Waals surface area contributed by atoms with Gasteiger partial charge in [-0.05, 0) is 67.9 Å². The van der Waals surface area contributed by atoms with Crippen LogP contribution in [0.3, 0.4) is 0 Å². The molecule has 174 valence electrons. The molecule has 3 rings (SSSR count). The number of alkyl halides is 6. The van der Waals surface area contributed by atoms with Crippen molar-refractivity contribution >= 4 is 5.91 Å². The maximum atomic E-state index is 13.2. The van der Waals surface area contributed by atoms with Gasteiger partial charge in [0, 0.05) is 0 Å². The van der Waals surface area contributed by atoms with Crippen molar-refractivity contribution in [3.63, 3.8) is 0 Å². The molecule has 0 saturated heterocycles. The number of hydrogen-bond donors (Lipinski definition) is 1. The average molecular weight is 457 g/mol. The zero-order valence-electron chi connectivity index (χ0n) is 17.8. The van der Waals surface area contributed by atoms with Crippen molar-refractivity contribution in [2.75, 3.05) is 0 Å². The highest BCUT2D eigenvalue weighted by Gasteiger charge is 2.40. The van der Waals surface area contributed by atoms with Crippen LogP contribution in [0, 0.1) is 5.92 Å². The molecule has 8 heteroatoms. The highest BCUT2D eigenvalue weighted by Crippen LogP contribution is 2.41. The van der Waals surface area contributed by atoms with E-state index in [2.05, 4.69) is 12.2 Å². The summed E-state index contributed by atoms with van der Waals surface area (Å²) < 4.78 is 79.3. The summed E-state index contributed by atoms with van der Waals surface area (Å²) in [6, 6.07) is 10.6. The molecule has 0 spiro atoms. The Balaban J connectivity index is 1.95. The number of benzene rings is 2. The van der Waals surface area contributed by atoms with Gasteiger partial charge in [-0.3, -0.25) is 4.79 Å². The van der Waals surface area contributed by atoms with Crippen LogP contribution in [0.5, 0.6) is 0 Å². The Hall–Kier alpha value is -2.51. The van der Waals surface area contributed by atoms with E-state index in [0.29, 0.717) is 30.9 Å². The van der Waals surface area contributed by atoms with Gasteiger partial charge in [-0.25, -0.2) is 0 Å². The number of rotatable bonds is 4. The Labute approximate surface area is 183 Å². The fourth-order valence-corrected chi connectivity index (χ4v) is 4.22. The van der Waals surface area contributed by atoms with E-state index >= 15 is 0 Å². The van der Waals surface area contributed by atoms with Gasteiger partial charge in [-0.1, -0.05) is 37.3 Å². The van der Waals surface area contributed by atoms with Crippen molar-refractivity contribution in [3.05, 3.63) is 70.8 Å². The summed E-state index contributed by atoms with van der Waals surface area (Å²) >= 11 is 0. The lowest BCUT2D eigenvalue weighted by molar-refractivity contribution is -0.143. The molecule has 32 heavy (non-hydrogen) atoms. The van der Waals surface area contributed by atoms with Crippen LogP contribution >= 0.6 is 0 Å². The molecule has 1 unspecified atom stereocenters. The summed E-state index contributed by atoms with van der Waals surface area (Å²) in [5.74, 6) is -1.33. The Kier molecular flexibility index (Phi) is 6.63. The fraction of sp³-hybridized carbons (Fsp3) is 0.458. The molecule has 0 radical (unpaired) electrons. The third kappa shape index (κ3) is 5.27. The summed E-state index contributed by atoms with van der Waals surface area (Å²) in [6.45, 7) is 3.44. The van der Waals surface area contributed by atoms with Gasteiger partial charge in [0.15, 0.2) is 0 Å². The van der Waals surface area contributed by atoms with Gasteiger partial charge in [0.05, 0.1) is 22.6 Å². The molecule has 0 aromatic heterocycles. The summed E-state index contributed by atoms with van der Waals surface area (Å²) in [6.07, 6.45) is -6.93. The summed E-state index contributed by atoms with van der Waals surface area (Å²) in [5.41, 5.74) is -2.99. The second-order valence-electron chi connectivity index (χ2n) is 8.68. The highest BCUT2D eigenvalue weighted by atomic mass is 19.4. The van der Waals surface area contributed by atoms with Crippen LogP contribution in [0.25, 0.3) is 0 Å². The lowest BCUT2D eigenvalue weighted by Crippen LogP contribution is -2.49. The molecule has 0 aliphatic heterocycles. The minimum atomic E-state index is -4.96. The van der Waals surface area contributed by atoms with Gasteiger partial charge < -0.3 is 5.32 Å². The van der Waals surface area contributed by atoms with E-state index in [0.717, 1.165) is 18.4 Å². The molecule has 1 fully saturated rings. The normalized spacial score (nSPS) is 22.9. The van der Waals surface area contributed by atoms with Crippen molar-refractivity contribution in [1.29, 1.82) is 0 Å². The predicted octanol–water partition coefficient (Wildman–Crippen LogP) is 7.05. The van der Waals surface area contributed by atoms with E-state index in [1.807, 2.05) is 30.3 Å². The molecule has 1 aliphatic carbocycles. The zero-order chi connectivity index (χ0) is 23.7. The van der Waals surface area contributed by atoms with Crippen molar-refractivity contribution in [2.45, 2.75) is 63.3 Å². The molecule has 1 saturated carbocycles. The highest BCUT2D eigenvalue weighted by molar-refractivity contribution is 5.84. The van der Waals surface area contributed by atoms with Gasteiger partial charge in [-0.2, -0.15) is 26.3 Å². The number of halogens is 6. The van der Waals surface area contributed by atoms with E-state index in [9.17, 15) is 31.1 Å². The van der Waals surface area contributed by atoms with Gasteiger partial charge in [0.2, 0.25) is 5.91 Å². The third-order valence-corrected chi connectivity index (χ3v) is 6.32. The lowest BCUT2D eigenvalue weighted by atomic mass is 9.73. The molecule has 0 bridgehead atoms. The molecule has 1 N–H and O–H groups in total. The quantitative estimate of drug-likeness (QED) is 0.490. The number of amides is 1. The van der Waals surface area contributed by atoms with Gasteiger partial charge in [0.25, 0.3) is 0 Å². The SMILES string of the molecule is CC1CCC(NC(=O)C(C)c2cc(C(F)(F)F)cc(C(F)(F)F)c2)(c2ccccc2)CC1. The second kappa shape index (κ2) is 8.79. The van der Waals surface area contributed by atoms with E-state index < -0.39 is 40.8 Å². The van der Waals surface area contributed by atoms with Crippen molar-refractivity contribution < 1.29 is 31.1 Å². The molecule has 2 aromatic carbocycles. The lowest BCUT2D eigenvalue weighted by Gasteiger charge is -2.41. The first kappa shape index (κ1) is 24.1. The van der Waals surface area contributed by atoms with E-state index in [1.54, 1.807) is 0 Å². The minimum absolute atomic E-state index is 0.0715. The standard InChI is InChI=1S/C24H25F6NO/c1-15-8-10-22(11-9-15,18-6-4-3-5-7-18)31-21(32)16(2)17-12-19(23(25,26)27)14-20(13-17)24(28,29)30/h3-7,12-16H,8-11H2,1-2H3,(H,31,32). The Bertz CT molecular complexity index is 911. The van der Waals surface area contributed by atoms with Gasteiger partial charge in [-0.15, -0.1) is 0 Å². The molecule has 1 atom stereocenters. The number of hydrogen-bond acceptors (Lipinski definition) is 1. The van der Waals surface area contributed by atoms with Gasteiger partial charge in [0.1, 0.15) is 0 Å². The van der Waals surface area contributed by atoms with Crippen LogP contribution in [0.4, 0.5) is 26.3 Å². The van der Waals surface area contributed by atoms with Crippen molar-refractivity contribution in [3.8, 4) is 0 Å². The Morgan fingerprint density at radius 3 is 1.91 bits per heavy atom. The van der Waals surface area contributed by atoms with Crippen molar-refractivity contribution in [2.24, 2.45) is 5.92 Å². The second-order valence-corrected chi connectivity index (χ2v) is 8.68. The van der Waals surface area contributed by atoms with E-state index in [-0.39, 0.29) is 11.6 Å². The smallest absolute Gasteiger partial charge is 0.346 e. The number of carbonyl (C=O) groups is 1. The van der Waals surface area contributed by atoms with E-state index in [4.69, 9.17) is 0 Å². The van der Waals surface area contributed by atoms with Crippen LogP contribution in [-0.4, -0.2) is 5.91 Å². The van der Waals surface area contributed by atoms with Crippen LogP contribution in [0.1, 0.15) is 67.7 Å². The van der Waals surface area contributed by atoms with Crippen molar-refractivity contribution in [1.82, 2.24) is 5.32 Å². The number of nitrogens with one attached hydrogen (secondary N) is 1. The van der Waals surface area contributed by atoms with Crippen LogP contribution in [-0.2, 0) is 22.7 Å².